The average Bonchev–Trinajstić information content (AvgIpc) is 0.893. The molecule has 10 aromatic rings. The minimum atomic E-state index is -4.57. The number of sulfonamides is 2. The smallest absolute Gasteiger partial charge is 0.273 e. The van der Waals surface area contributed by atoms with Gasteiger partial charge in [-0.25, -0.2) is 49.2 Å². The topological polar surface area (TPSA) is 325 Å². The Kier molecular flexibility index (Phi) is 29.4. The van der Waals surface area contributed by atoms with Gasteiger partial charge in [0.1, 0.15) is 29.5 Å². The molecule has 0 bridgehead atoms. The molecular formula is C96H112Cl2FN14O12PS4. The van der Waals surface area contributed by atoms with E-state index in [-0.39, 0.29) is 45.7 Å². The Bertz CT molecular complexity index is 6400. The van der Waals surface area contributed by atoms with Crippen molar-refractivity contribution in [2.75, 3.05) is 133 Å². The molecule has 0 radical (unpaired) electrons. The predicted molar refractivity (Wildman–Crippen MR) is 521 cm³/mol. The van der Waals surface area contributed by atoms with E-state index in [2.05, 4.69) is 123 Å². The number of allylic oxidation sites excluding steroid dienone is 2. The number of nitrogens with zero attached hydrogens (tertiary/aromatic N) is 10. The molecule has 4 aliphatic heterocycles. The summed E-state index contributed by atoms with van der Waals surface area (Å²) in [5.41, 5.74) is 11.8. The van der Waals surface area contributed by atoms with Gasteiger partial charge in [-0.05, 0) is 226 Å². The van der Waals surface area contributed by atoms with Gasteiger partial charge < -0.3 is 24.5 Å². The molecule has 6 aromatic carbocycles. The van der Waals surface area contributed by atoms with Crippen LogP contribution in [0.1, 0.15) is 135 Å². The van der Waals surface area contributed by atoms with E-state index in [1.54, 1.807) is 56.0 Å². The molecule has 0 saturated carbocycles. The van der Waals surface area contributed by atoms with Gasteiger partial charge in [0.25, 0.3) is 43.2 Å². The molecule has 1 atom stereocenters. The number of hydrogen-bond donors (Lipinski definition) is 4. The van der Waals surface area contributed by atoms with Gasteiger partial charge in [0.2, 0.25) is 0 Å². The van der Waals surface area contributed by atoms with Crippen molar-refractivity contribution in [3.63, 3.8) is 0 Å². The van der Waals surface area contributed by atoms with Gasteiger partial charge in [0.15, 0.2) is 0 Å². The Morgan fingerprint density at radius 3 is 1.64 bits per heavy atom. The third-order valence-electron chi connectivity index (χ3n) is 26.4. The summed E-state index contributed by atoms with van der Waals surface area (Å²) in [7, 11) is -9.72. The maximum atomic E-state index is 14.2. The largest absolute Gasteiger partial charge is 0.455 e. The second-order valence-electron chi connectivity index (χ2n) is 36.9. The SMILES string of the molecule is C=P1(C)CCN(C(CF)CCc2ccc(S(=O)(=O)NC(=O)c3ccc(N4CCN(CC5=C(c6ccc(Cl)cc6)CC(C)(C)CC5)CC4)cc3Sc3cnc4[nH]ccc4c3)cc2[N+](=O)[O-])CC1.CN=S1(=O)CCC(CCc2ccc(S(=O)(=O)NC(=O)c3ccc(N4CCN(CC5=C(c6ccc(Cl)cc6)CC(C)(C)CC5)CC4)cc3Oc3cnc4[nH]ccc4c3)cc2[N+](=O)[O-])CC1. The van der Waals surface area contributed by atoms with Gasteiger partial charge in [0.05, 0.1) is 37.0 Å². The molecule has 4 aromatic heterocycles. The van der Waals surface area contributed by atoms with E-state index in [0.717, 1.165) is 184 Å². The Labute approximate surface area is 774 Å². The van der Waals surface area contributed by atoms with Crippen LogP contribution >= 0.6 is 41.8 Å². The second-order valence-corrected chi connectivity index (χ2v) is 49.1. The zero-order valence-corrected chi connectivity index (χ0v) is 79.8. The van der Waals surface area contributed by atoms with Crippen molar-refractivity contribution in [1.82, 2.24) is 44.1 Å². The Morgan fingerprint density at radius 2 is 1.13 bits per heavy atom. The molecule has 130 heavy (non-hydrogen) atoms. The molecular weight excluding hydrogens is 1790 g/mol. The normalized spacial score (nSPS) is 19.6. The van der Waals surface area contributed by atoms with E-state index in [0.29, 0.717) is 71.0 Å². The first kappa shape index (κ1) is 94.8. The number of nitro groups is 2. The summed E-state index contributed by atoms with van der Waals surface area (Å²) >= 11 is 13.8. The number of nitro benzene ring substituents is 2. The quantitative estimate of drug-likeness (QED) is 0.0201. The third-order valence-corrected chi connectivity index (χ3v) is 35.6. The van der Waals surface area contributed by atoms with Gasteiger partial charge in [-0.1, -0.05) is 110 Å². The zero-order chi connectivity index (χ0) is 92.0. The van der Waals surface area contributed by atoms with Crippen molar-refractivity contribution in [2.45, 2.75) is 130 Å². The summed E-state index contributed by atoms with van der Waals surface area (Å²) in [6, 6.07) is 41.2. The van der Waals surface area contributed by atoms with Gasteiger partial charge >= 0.3 is 0 Å². The summed E-state index contributed by atoms with van der Waals surface area (Å²) in [6.45, 7) is 19.3. The van der Waals surface area contributed by atoms with Crippen LogP contribution in [-0.4, -0.2) is 212 Å². The van der Waals surface area contributed by atoms with E-state index in [1.165, 1.54) is 75.6 Å². The van der Waals surface area contributed by atoms with Gasteiger partial charge in [-0.15, -0.1) is 13.2 Å². The van der Waals surface area contributed by atoms with Crippen molar-refractivity contribution in [1.29, 1.82) is 0 Å². The molecule has 6 aliphatic rings. The van der Waals surface area contributed by atoms with Gasteiger partial charge in [0, 0.05) is 203 Å². The zero-order valence-electron chi connectivity index (χ0n) is 74.1. The monoisotopic (exact) mass is 1900 g/mol. The molecule has 2 aliphatic carbocycles. The number of nitrogens with one attached hydrogen (secondary N) is 4. The molecule has 1 unspecified atom stereocenters. The summed E-state index contributed by atoms with van der Waals surface area (Å²) in [6.07, 6.45) is 22.3. The number of amides is 2. The molecule has 688 valence electrons. The van der Waals surface area contributed by atoms with E-state index in [4.69, 9.17) is 27.9 Å². The van der Waals surface area contributed by atoms with Crippen molar-refractivity contribution < 1.29 is 49.6 Å². The Morgan fingerprint density at radius 1 is 0.646 bits per heavy atom. The van der Waals surface area contributed by atoms with Crippen LogP contribution in [0.15, 0.2) is 205 Å². The van der Waals surface area contributed by atoms with Crippen molar-refractivity contribution in [3.8, 4) is 11.5 Å². The maximum absolute atomic E-state index is 14.2. The number of H-pyrrole nitrogens is 2. The number of alkyl halides is 1. The Hall–Kier alpha value is -9.79. The molecule has 26 nitrogen and oxygen atoms in total. The third kappa shape index (κ3) is 23.4. The van der Waals surface area contributed by atoms with Crippen molar-refractivity contribution in [3.05, 3.63) is 245 Å². The number of hydrogen-bond acceptors (Lipinski definition) is 21. The van der Waals surface area contributed by atoms with E-state index in [9.17, 15) is 55.3 Å². The predicted octanol–water partition coefficient (Wildman–Crippen LogP) is 19.1. The molecule has 4 N–H and O–H groups in total. The summed E-state index contributed by atoms with van der Waals surface area (Å²) in [5.74, 6) is -0.113. The average molecular weight is 1900 g/mol. The van der Waals surface area contributed by atoms with Crippen LogP contribution in [-0.2, 0) is 42.6 Å². The highest BCUT2D eigenvalue weighted by atomic mass is 35.5. The lowest BCUT2D eigenvalue weighted by Crippen LogP contribution is -2.47. The minimum absolute atomic E-state index is 0.0413. The van der Waals surface area contributed by atoms with E-state index >= 15 is 0 Å². The number of pyridine rings is 2. The fraction of sp³-hybridized carbons (Fsp3) is 0.406. The standard InChI is InChI=1S/C49H58ClFN7O5PS2.C47H54ClN7O7S2/c1-49(2)17-15-37(44(30-49)34-5-9-38(50)10-6-34)33-55-19-21-56(22-20-55)39-12-14-43(46(28-39)65-41-27-36-16-18-52-47(36)53-32-41)48(59)54-66(62,63)42-13-8-35(45(29-42)58(60)61)7-11-40(31-51)57-23-25-64(3,4)26-24-57;1-47(2)18-14-36(42(29-47)33-6-9-37(48)10-7-33)31-53-20-22-54(23-21-53)38-11-13-41(44(27-38)62-39-26-35-15-19-50-45(35)51-30-39)46(56)52-64(60,61)40-12-8-34(43(28-40)55(57)58)5-4-32-16-24-63(59,49-3)25-17-32/h5-6,8-10,12-14,16,18,27-29,32,40H,3,7,11,15,17,19-26,30-31,33H2,1-2,4H3,(H,52,53)(H,54,59);6-13,15,19,26-28,30,32H,4-5,14,16-18,20-25,29,31H2,1-3H3,(H,50,51)(H,52,56). The number of benzene rings is 6. The van der Waals surface area contributed by atoms with Crippen molar-refractivity contribution >= 4 is 146 Å². The number of carbonyl (C=O) groups excluding carboxylic acids is 2. The van der Waals surface area contributed by atoms with Crippen LogP contribution in [0.25, 0.3) is 33.2 Å². The lowest BCUT2D eigenvalue weighted by atomic mass is 9.72. The Balaban J connectivity index is 0.000000199. The second kappa shape index (κ2) is 40.3. The van der Waals surface area contributed by atoms with Gasteiger partial charge in [-0.2, -0.15) is 0 Å². The number of aromatic nitrogens is 4. The van der Waals surface area contributed by atoms with Crippen LogP contribution in [0, 0.1) is 37.0 Å². The summed E-state index contributed by atoms with van der Waals surface area (Å²) in [5, 5.41) is 27.6. The van der Waals surface area contributed by atoms with Crippen LogP contribution in [0.4, 0.5) is 27.1 Å². The number of aryl methyl sites for hydroxylation is 2. The first-order valence-corrected chi connectivity index (χ1v) is 53.4. The summed E-state index contributed by atoms with van der Waals surface area (Å²) < 4.78 is 96.7. The number of piperazine rings is 2. The number of fused-ring (bicyclic) bond motifs is 2. The van der Waals surface area contributed by atoms with Crippen LogP contribution in [0.3, 0.4) is 0 Å². The number of rotatable bonds is 28. The van der Waals surface area contributed by atoms with Crippen LogP contribution in [0.2, 0.25) is 10.0 Å². The van der Waals surface area contributed by atoms with Crippen molar-refractivity contribution in [2.24, 2.45) is 21.1 Å². The molecule has 2 amide bonds. The minimum Gasteiger partial charge on any atom is -0.455 e. The van der Waals surface area contributed by atoms with Crippen LogP contribution < -0.4 is 24.0 Å². The first-order valence-electron chi connectivity index (χ1n) is 44.2. The first-order chi connectivity index (χ1) is 62.0. The maximum Gasteiger partial charge on any atom is 0.273 e. The number of aromatic amines is 2. The fourth-order valence-electron chi connectivity index (χ4n) is 18.4. The van der Waals surface area contributed by atoms with E-state index < -0.39 is 86.5 Å². The molecule has 8 heterocycles. The lowest BCUT2D eigenvalue weighted by Gasteiger charge is -2.39. The highest BCUT2D eigenvalue weighted by Crippen LogP contribution is 2.48. The van der Waals surface area contributed by atoms with Gasteiger partial charge in [-0.3, -0.25) is 44.5 Å². The molecule has 4 fully saturated rings. The molecule has 4 saturated heterocycles. The number of ether oxygens (including phenoxy) is 1. The number of carbonyl (C=O) groups is 2. The highest BCUT2D eigenvalue weighted by molar-refractivity contribution is 7.99. The highest BCUT2D eigenvalue weighted by Gasteiger charge is 2.36. The fourth-order valence-corrected chi connectivity index (χ4v) is 25.3. The number of anilines is 2. The van der Waals surface area contributed by atoms with Crippen LogP contribution in [0.5, 0.6) is 11.5 Å². The van der Waals surface area contributed by atoms with E-state index in [1.807, 2.05) is 54.6 Å². The lowest BCUT2D eigenvalue weighted by molar-refractivity contribution is -0.385. The molecule has 34 heteroatoms. The molecule has 0 spiro atoms. The summed E-state index contributed by atoms with van der Waals surface area (Å²) in [4.78, 5) is 78.5. The number of halogens is 3. The molecule has 16 rings (SSSR count).